The second-order valence-corrected chi connectivity index (χ2v) is 7.54. The van der Waals surface area contributed by atoms with E-state index in [0.29, 0.717) is 17.4 Å². The molecule has 0 atom stereocenters. The summed E-state index contributed by atoms with van der Waals surface area (Å²) in [6, 6.07) is 11.2. The zero-order valence-corrected chi connectivity index (χ0v) is 16.0. The van der Waals surface area contributed by atoms with Crippen LogP contribution in [0.4, 0.5) is 10.8 Å². The van der Waals surface area contributed by atoms with Gasteiger partial charge < -0.3 is 19.4 Å². The van der Waals surface area contributed by atoms with E-state index in [1.54, 1.807) is 31.4 Å². The number of nitrogens with zero attached hydrogens (tertiary/aromatic N) is 3. The van der Waals surface area contributed by atoms with Gasteiger partial charge in [-0.2, -0.15) is 0 Å². The number of aromatic nitrogens is 2. The average molecular weight is 390 g/mol. The molecule has 0 saturated carbocycles. The largest absolute Gasteiger partial charge is 0.497 e. The predicted molar refractivity (Wildman–Crippen MR) is 102 cm³/mol. The third-order valence-corrected chi connectivity index (χ3v) is 5.42. The summed E-state index contributed by atoms with van der Waals surface area (Å²) in [5, 5.41) is 12.1. The smallest absolute Gasteiger partial charge is 0.233 e. The molecule has 2 aromatic heterocycles. The van der Waals surface area contributed by atoms with Gasteiger partial charge in [0.2, 0.25) is 11.0 Å². The van der Waals surface area contributed by atoms with Crippen LogP contribution in [0.3, 0.4) is 0 Å². The zero-order valence-electron chi connectivity index (χ0n) is 14.3. The van der Waals surface area contributed by atoms with Gasteiger partial charge in [-0.25, -0.2) is 0 Å². The van der Waals surface area contributed by atoms with Crippen LogP contribution in [-0.4, -0.2) is 40.9 Å². The third kappa shape index (κ3) is 4.99. The third-order valence-electron chi connectivity index (χ3n) is 3.47. The Bertz CT molecular complexity index is 834. The monoisotopic (exact) mass is 390 g/mol. The minimum atomic E-state index is 0.00580. The molecular weight excluding hydrogens is 372 g/mol. The molecule has 1 N–H and O–H groups in total. The van der Waals surface area contributed by atoms with Crippen LogP contribution in [0.2, 0.25) is 0 Å². The lowest BCUT2D eigenvalue weighted by Gasteiger charge is -2.14. The van der Waals surface area contributed by atoms with Crippen molar-refractivity contribution in [3.05, 3.63) is 48.4 Å². The molecule has 26 heavy (non-hydrogen) atoms. The van der Waals surface area contributed by atoms with Crippen LogP contribution in [0.25, 0.3) is 0 Å². The lowest BCUT2D eigenvalue weighted by atomic mass is 10.3. The van der Waals surface area contributed by atoms with Gasteiger partial charge in [-0.1, -0.05) is 23.1 Å². The molecule has 0 fully saturated rings. The Balaban J connectivity index is 1.49. The topological polar surface area (TPSA) is 80.5 Å². The van der Waals surface area contributed by atoms with E-state index in [-0.39, 0.29) is 5.91 Å². The molecule has 1 aromatic carbocycles. The summed E-state index contributed by atoms with van der Waals surface area (Å²) >= 11 is 2.78. The van der Waals surface area contributed by atoms with Gasteiger partial charge in [-0.15, -0.1) is 10.2 Å². The number of amides is 1. The van der Waals surface area contributed by atoms with Crippen molar-refractivity contribution in [3.8, 4) is 5.75 Å². The van der Waals surface area contributed by atoms with Crippen LogP contribution < -0.4 is 10.1 Å². The number of nitrogens with one attached hydrogen (secondary N) is 1. The number of carbonyl (C=O) groups excluding carboxylic acids is 1. The van der Waals surface area contributed by atoms with Gasteiger partial charge in [0.05, 0.1) is 25.7 Å². The number of rotatable bonds is 8. The van der Waals surface area contributed by atoms with E-state index in [2.05, 4.69) is 15.5 Å². The van der Waals surface area contributed by atoms with E-state index in [1.165, 1.54) is 23.1 Å². The lowest BCUT2D eigenvalue weighted by Crippen LogP contribution is -2.27. The summed E-state index contributed by atoms with van der Waals surface area (Å²) < 4.78 is 11.1. The molecule has 0 aliphatic heterocycles. The number of hydrogen-bond donors (Lipinski definition) is 1. The first-order valence-corrected chi connectivity index (χ1v) is 9.58. The molecule has 136 valence electrons. The van der Waals surface area contributed by atoms with Crippen LogP contribution in [0.5, 0.6) is 5.75 Å². The highest BCUT2D eigenvalue weighted by molar-refractivity contribution is 8.01. The fourth-order valence-electron chi connectivity index (χ4n) is 2.07. The van der Waals surface area contributed by atoms with E-state index < -0.39 is 0 Å². The summed E-state index contributed by atoms with van der Waals surface area (Å²) in [6.07, 6.45) is 1.60. The normalized spacial score (nSPS) is 10.5. The summed E-state index contributed by atoms with van der Waals surface area (Å²) in [5.41, 5.74) is 0.896. The second kappa shape index (κ2) is 8.72. The average Bonchev–Trinajstić information content (AvgIpc) is 3.32. The minimum absolute atomic E-state index is 0.00580. The highest BCUT2D eigenvalue weighted by Crippen LogP contribution is 2.28. The number of benzene rings is 1. The van der Waals surface area contributed by atoms with Crippen LogP contribution in [0.15, 0.2) is 51.4 Å². The molecule has 0 aliphatic carbocycles. The molecule has 0 radical (unpaired) electrons. The SMILES string of the molecule is COc1ccc(Nc2nnc(SCC(=O)N(C)Cc3ccco3)s2)cc1. The molecule has 9 heteroatoms. The maximum Gasteiger partial charge on any atom is 0.233 e. The lowest BCUT2D eigenvalue weighted by molar-refractivity contribution is -0.127. The Morgan fingerprint density at radius 1 is 1.31 bits per heavy atom. The number of furan rings is 1. The van der Waals surface area contributed by atoms with Crippen molar-refractivity contribution in [3.63, 3.8) is 0 Å². The van der Waals surface area contributed by atoms with Gasteiger partial charge in [-0.3, -0.25) is 4.79 Å². The molecule has 0 aliphatic rings. The van der Waals surface area contributed by atoms with E-state index >= 15 is 0 Å². The quantitative estimate of drug-likeness (QED) is 0.588. The molecule has 2 heterocycles. The van der Waals surface area contributed by atoms with Gasteiger partial charge in [0.25, 0.3) is 0 Å². The first-order chi connectivity index (χ1) is 12.6. The van der Waals surface area contributed by atoms with Gasteiger partial charge in [0, 0.05) is 12.7 Å². The number of methoxy groups -OCH3 is 1. The Morgan fingerprint density at radius 3 is 2.81 bits per heavy atom. The highest BCUT2D eigenvalue weighted by atomic mass is 32.2. The van der Waals surface area contributed by atoms with Crippen LogP contribution >= 0.6 is 23.1 Å². The number of carbonyl (C=O) groups is 1. The van der Waals surface area contributed by atoms with E-state index in [1.807, 2.05) is 30.3 Å². The Hall–Kier alpha value is -2.52. The van der Waals surface area contributed by atoms with Gasteiger partial charge in [0.1, 0.15) is 11.5 Å². The second-order valence-electron chi connectivity index (χ2n) is 5.34. The molecule has 0 saturated heterocycles. The van der Waals surface area contributed by atoms with Gasteiger partial charge >= 0.3 is 0 Å². The standard InChI is InChI=1S/C17H18N4O3S2/c1-21(10-14-4-3-9-24-14)15(22)11-25-17-20-19-16(26-17)18-12-5-7-13(23-2)8-6-12/h3-9H,10-11H2,1-2H3,(H,18,19). The van der Waals surface area contributed by atoms with Crippen molar-refractivity contribution in [1.82, 2.24) is 15.1 Å². The van der Waals surface area contributed by atoms with Crippen molar-refractivity contribution in [2.75, 3.05) is 25.2 Å². The van der Waals surface area contributed by atoms with Crippen molar-refractivity contribution in [2.24, 2.45) is 0 Å². The van der Waals surface area contributed by atoms with Crippen LogP contribution in [0.1, 0.15) is 5.76 Å². The Kier molecular flexibility index (Phi) is 6.13. The van der Waals surface area contributed by atoms with Crippen molar-refractivity contribution in [1.29, 1.82) is 0 Å². The fourth-order valence-corrected chi connectivity index (χ4v) is 3.79. The first kappa shape index (κ1) is 18.3. The van der Waals surface area contributed by atoms with Crippen LogP contribution in [-0.2, 0) is 11.3 Å². The minimum Gasteiger partial charge on any atom is -0.497 e. The summed E-state index contributed by atoms with van der Waals surface area (Å²) in [4.78, 5) is 13.8. The molecule has 3 aromatic rings. The molecular formula is C17H18N4O3S2. The maximum absolute atomic E-state index is 12.2. The summed E-state index contributed by atoms with van der Waals surface area (Å²) in [5.74, 6) is 1.86. The van der Waals surface area contributed by atoms with E-state index in [0.717, 1.165) is 21.5 Å². The molecule has 0 spiro atoms. The Labute approximate surface area is 159 Å². The molecule has 0 bridgehead atoms. The summed E-state index contributed by atoms with van der Waals surface area (Å²) in [6.45, 7) is 0.451. The van der Waals surface area contributed by atoms with Crippen LogP contribution in [0, 0.1) is 0 Å². The molecule has 0 unspecified atom stereocenters. The molecule has 1 amide bonds. The number of hydrogen-bond acceptors (Lipinski definition) is 8. The van der Waals surface area contributed by atoms with E-state index in [4.69, 9.17) is 9.15 Å². The van der Waals surface area contributed by atoms with Gasteiger partial charge in [0.15, 0.2) is 4.34 Å². The zero-order chi connectivity index (χ0) is 18.4. The number of ether oxygens (including phenoxy) is 1. The fraction of sp³-hybridized carbons (Fsp3) is 0.235. The number of anilines is 2. The number of thioether (sulfide) groups is 1. The van der Waals surface area contributed by atoms with E-state index in [9.17, 15) is 4.79 Å². The van der Waals surface area contributed by atoms with Gasteiger partial charge in [-0.05, 0) is 36.4 Å². The van der Waals surface area contributed by atoms with Crippen molar-refractivity contribution in [2.45, 2.75) is 10.9 Å². The Morgan fingerprint density at radius 2 is 2.12 bits per heavy atom. The summed E-state index contributed by atoms with van der Waals surface area (Å²) in [7, 11) is 3.38. The molecule has 3 rings (SSSR count). The molecule has 7 nitrogen and oxygen atoms in total. The maximum atomic E-state index is 12.2. The van der Waals surface area contributed by atoms with Crippen molar-refractivity contribution >= 4 is 39.8 Å². The predicted octanol–water partition coefficient (Wildman–Crippen LogP) is 3.63. The highest BCUT2D eigenvalue weighted by Gasteiger charge is 2.13. The van der Waals surface area contributed by atoms with Crippen molar-refractivity contribution < 1.29 is 13.9 Å². The first-order valence-electron chi connectivity index (χ1n) is 7.78.